The van der Waals surface area contributed by atoms with Gasteiger partial charge in [-0.25, -0.2) is 0 Å². The molecule has 1 aromatic heterocycles. The van der Waals surface area contributed by atoms with E-state index < -0.39 is 23.9 Å². The molecule has 48 heavy (non-hydrogen) atoms. The molecule has 0 fully saturated rings. The van der Waals surface area contributed by atoms with Crippen LogP contribution in [0.15, 0.2) is 109 Å². The average molecular weight is 644 g/mol. The molecule has 1 heterocycles. The normalized spacial score (nSPS) is 12.1. The van der Waals surface area contributed by atoms with Crippen LogP contribution in [-0.2, 0) is 35.5 Å². The lowest BCUT2D eigenvalue weighted by Gasteiger charge is -2.24. The molecule has 0 bridgehead atoms. The van der Waals surface area contributed by atoms with E-state index in [2.05, 4.69) is 20.9 Å². The van der Waals surface area contributed by atoms with E-state index in [1.54, 1.807) is 18.2 Å². The summed E-state index contributed by atoms with van der Waals surface area (Å²) >= 11 is 0. The lowest BCUT2D eigenvalue weighted by Crippen LogP contribution is -2.55. The van der Waals surface area contributed by atoms with Crippen LogP contribution in [0.3, 0.4) is 0 Å². The highest BCUT2D eigenvalue weighted by molar-refractivity contribution is 6.01. The topological polar surface area (TPSA) is 135 Å². The summed E-state index contributed by atoms with van der Waals surface area (Å²) in [7, 11) is 0. The fourth-order valence-electron chi connectivity index (χ4n) is 5.38. The Hall–Kier alpha value is -5.54. The Morgan fingerprint density at radius 1 is 0.729 bits per heavy atom. The number of nitrogens with two attached hydrogens (primary N) is 1. The highest BCUT2D eigenvalue weighted by Crippen LogP contribution is 2.17. The van der Waals surface area contributed by atoms with Crippen molar-refractivity contribution >= 4 is 28.6 Å². The summed E-state index contributed by atoms with van der Waals surface area (Å²) in [5, 5.41) is 9.66. The lowest BCUT2D eigenvalue weighted by molar-refractivity contribution is -0.130. The van der Waals surface area contributed by atoms with Gasteiger partial charge in [0.05, 0.1) is 12.1 Å². The number of nitrogens with one attached hydrogen (secondary N) is 3. The molecule has 0 radical (unpaired) electrons. The molecule has 9 heteroatoms. The molecule has 5 N–H and O–H groups in total. The number of aryl methyl sites for hydroxylation is 1. The summed E-state index contributed by atoms with van der Waals surface area (Å²) in [6.07, 6.45) is 0.469. The van der Waals surface area contributed by atoms with Crippen molar-refractivity contribution in [3.05, 3.63) is 143 Å². The predicted octanol–water partition coefficient (Wildman–Crippen LogP) is 4.79. The fraction of sp³-hybridized carbons (Fsp3) is 0.231. The molecular formula is C39H41N5O4. The Labute approximate surface area is 280 Å². The maximum Gasteiger partial charge on any atom is 0.251 e. The maximum absolute atomic E-state index is 14.0. The molecule has 0 aliphatic carbocycles. The van der Waals surface area contributed by atoms with Gasteiger partial charge in [-0.3, -0.25) is 19.4 Å². The van der Waals surface area contributed by atoms with Gasteiger partial charge < -0.3 is 26.4 Å². The molecule has 0 saturated carbocycles. The van der Waals surface area contributed by atoms with Gasteiger partial charge >= 0.3 is 0 Å². The van der Waals surface area contributed by atoms with Gasteiger partial charge in [0, 0.05) is 42.6 Å². The van der Waals surface area contributed by atoms with Crippen LogP contribution in [0.25, 0.3) is 10.9 Å². The highest BCUT2D eigenvalue weighted by atomic mass is 16.5. The van der Waals surface area contributed by atoms with E-state index in [4.69, 9.17) is 10.5 Å². The minimum Gasteiger partial charge on any atom is -0.494 e. The zero-order chi connectivity index (χ0) is 33.9. The standard InChI is InChI=1S/C39H41N5O4/c1-3-48-33-18-14-28(15-19-33)22-36(43-37(45)32-17-20-34-31(23-32)16-9-26(2)42-34)39(47)44-35(21-27-7-5-4-6-8-27)38(46)41-25-30-12-10-29(24-40)11-13-30/h4-20,23,35-36H,3,21-22,24-25,40H2,1-2H3,(H,41,46)(H,43,45)(H,44,47)/t35-,36+/m0/s1. The quantitative estimate of drug-likeness (QED) is 0.138. The van der Waals surface area contributed by atoms with E-state index in [1.165, 1.54) is 0 Å². The van der Waals surface area contributed by atoms with E-state index in [-0.39, 0.29) is 25.3 Å². The molecule has 0 spiro atoms. The van der Waals surface area contributed by atoms with Crippen LogP contribution in [0.5, 0.6) is 5.75 Å². The molecule has 5 aromatic rings. The lowest BCUT2D eigenvalue weighted by atomic mass is 10.0. The number of hydrogen-bond donors (Lipinski definition) is 4. The van der Waals surface area contributed by atoms with E-state index in [1.807, 2.05) is 105 Å². The predicted molar refractivity (Wildman–Crippen MR) is 187 cm³/mol. The van der Waals surface area contributed by atoms with E-state index in [0.29, 0.717) is 24.5 Å². The molecule has 0 aliphatic rings. The van der Waals surface area contributed by atoms with Crippen LogP contribution >= 0.6 is 0 Å². The SMILES string of the molecule is CCOc1ccc(C[C@@H](NC(=O)c2ccc3nc(C)ccc3c2)C(=O)N[C@@H](Cc2ccccc2)C(=O)NCc2ccc(CN)cc2)cc1. The fourth-order valence-corrected chi connectivity index (χ4v) is 5.38. The van der Waals surface area contributed by atoms with Crippen molar-refractivity contribution in [3.8, 4) is 5.75 Å². The van der Waals surface area contributed by atoms with Crippen LogP contribution < -0.4 is 26.4 Å². The Bertz CT molecular complexity index is 1840. The summed E-state index contributed by atoms with van der Waals surface area (Å²) in [6, 6.07) is 31.8. The van der Waals surface area contributed by atoms with E-state index >= 15 is 0 Å². The molecule has 246 valence electrons. The maximum atomic E-state index is 14.0. The monoisotopic (exact) mass is 643 g/mol. The number of aromatic nitrogens is 1. The van der Waals surface area contributed by atoms with Crippen molar-refractivity contribution in [2.45, 2.75) is 51.9 Å². The Balaban J connectivity index is 1.37. The van der Waals surface area contributed by atoms with Crippen LogP contribution in [0, 0.1) is 6.92 Å². The molecular weight excluding hydrogens is 602 g/mol. The first-order valence-electron chi connectivity index (χ1n) is 16.1. The van der Waals surface area contributed by atoms with Gasteiger partial charge in [0.1, 0.15) is 17.8 Å². The average Bonchev–Trinajstić information content (AvgIpc) is 3.11. The number of nitrogens with zero attached hydrogens (tertiary/aromatic N) is 1. The van der Waals surface area contributed by atoms with Gasteiger partial charge in [0.15, 0.2) is 0 Å². The number of amides is 3. The third-order valence-electron chi connectivity index (χ3n) is 8.03. The molecule has 0 saturated heterocycles. The molecule has 9 nitrogen and oxygen atoms in total. The summed E-state index contributed by atoms with van der Waals surface area (Å²) in [5.74, 6) is -0.505. The number of carbonyl (C=O) groups is 3. The Morgan fingerprint density at radius 3 is 2.06 bits per heavy atom. The largest absolute Gasteiger partial charge is 0.494 e. The van der Waals surface area contributed by atoms with Crippen LogP contribution in [0.4, 0.5) is 0 Å². The number of hydrogen-bond acceptors (Lipinski definition) is 6. The van der Waals surface area contributed by atoms with Gasteiger partial charge in [0.25, 0.3) is 5.91 Å². The molecule has 2 atom stereocenters. The minimum atomic E-state index is -0.975. The van der Waals surface area contributed by atoms with Crippen molar-refractivity contribution in [2.75, 3.05) is 6.61 Å². The van der Waals surface area contributed by atoms with Crippen LogP contribution in [0.2, 0.25) is 0 Å². The number of carbonyl (C=O) groups excluding carboxylic acids is 3. The summed E-state index contributed by atoms with van der Waals surface area (Å²) in [4.78, 5) is 45.7. The smallest absolute Gasteiger partial charge is 0.251 e. The van der Waals surface area contributed by atoms with Crippen molar-refractivity contribution in [1.29, 1.82) is 0 Å². The van der Waals surface area contributed by atoms with Crippen LogP contribution in [0.1, 0.15) is 45.2 Å². The first-order chi connectivity index (χ1) is 23.3. The van der Waals surface area contributed by atoms with E-state index in [0.717, 1.165) is 38.9 Å². The summed E-state index contributed by atoms with van der Waals surface area (Å²) < 4.78 is 5.58. The van der Waals surface area contributed by atoms with Crippen molar-refractivity contribution in [2.24, 2.45) is 5.73 Å². The molecule has 0 unspecified atom stereocenters. The molecule has 5 rings (SSSR count). The second-order valence-corrected chi connectivity index (χ2v) is 11.7. The van der Waals surface area contributed by atoms with Gasteiger partial charge in [-0.2, -0.15) is 0 Å². The van der Waals surface area contributed by atoms with Gasteiger partial charge in [0.2, 0.25) is 11.8 Å². The Kier molecular flexibility index (Phi) is 11.5. The molecule has 0 aliphatic heterocycles. The number of benzene rings is 4. The number of pyridine rings is 1. The van der Waals surface area contributed by atoms with Crippen molar-refractivity contribution in [3.63, 3.8) is 0 Å². The first kappa shape index (κ1) is 33.8. The Morgan fingerprint density at radius 2 is 1.38 bits per heavy atom. The summed E-state index contributed by atoms with van der Waals surface area (Å²) in [6.45, 7) is 5.07. The number of rotatable bonds is 14. The highest BCUT2D eigenvalue weighted by Gasteiger charge is 2.28. The van der Waals surface area contributed by atoms with E-state index in [9.17, 15) is 14.4 Å². The molecule has 3 amide bonds. The third-order valence-corrected chi connectivity index (χ3v) is 8.03. The zero-order valence-electron chi connectivity index (χ0n) is 27.2. The first-order valence-corrected chi connectivity index (χ1v) is 16.1. The third kappa shape index (κ3) is 9.27. The van der Waals surface area contributed by atoms with Gasteiger partial charge in [-0.15, -0.1) is 0 Å². The summed E-state index contributed by atoms with van der Waals surface area (Å²) in [5.41, 5.74) is 11.4. The van der Waals surface area contributed by atoms with Crippen LogP contribution in [-0.4, -0.2) is 41.4 Å². The van der Waals surface area contributed by atoms with Crippen molar-refractivity contribution in [1.82, 2.24) is 20.9 Å². The van der Waals surface area contributed by atoms with Gasteiger partial charge in [-0.05, 0) is 72.5 Å². The minimum absolute atomic E-state index is 0.200. The second kappa shape index (κ2) is 16.3. The number of fused-ring (bicyclic) bond motifs is 1. The van der Waals surface area contributed by atoms with Gasteiger partial charge in [-0.1, -0.05) is 72.8 Å². The molecule has 4 aromatic carbocycles. The zero-order valence-corrected chi connectivity index (χ0v) is 27.2. The second-order valence-electron chi connectivity index (χ2n) is 11.7. The number of ether oxygens (including phenoxy) is 1. The van der Waals surface area contributed by atoms with Crippen molar-refractivity contribution < 1.29 is 19.1 Å².